The van der Waals surface area contributed by atoms with Crippen molar-refractivity contribution in [1.82, 2.24) is 0 Å². The molecule has 0 heterocycles. The molecule has 0 spiro atoms. The van der Waals surface area contributed by atoms with Crippen molar-refractivity contribution in [2.24, 2.45) is 56.5 Å². The van der Waals surface area contributed by atoms with Crippen molar-refractivity contribution in [1.29, 1.82) is 0 Å². The van der Waals surface area contributed by atoms with Gasteiger partial charge in [-0.2, -0.15) is 0 Å². The molecular formula is C45H66FNO2. The van der Waals surface area contributed by atoms with E-state index >= 15 is 0 Å². The molecule has 1 aromatic rings. The monoisotopic (exact) mass is 672 g/mol. The number of nitrogens with two attached hydrogens (primary N) is 1. The molecule has 1 aromatic carbocycles. The molecule has 9 atom stereocenters. The molecule has 7 rings (SSSR count). The number of fused-ring (bicyclic) bond motifs is 7. The van der Waals surface area contributed by atoms with Crippen LogP contribution in [0.2, 0.25) is 0 Å². The maximum Gasteiger partial charge on any atom is 0.315 e. The van der Waals surface area contributed by atoms with E-state index in [1.165, 1.54) is 74.5 Å². The van der Waals surface area contributed by atoms with Gasteiger partial charge in [-0.3, -0.25) is 4.79 Å². The van der Waals surface area contributed by atoms with Crippen LogP contribution in [-0.4, -0.2) is 18.2 Å². The quantitative estimate of drug-likeness (QED) is 0.250. The third-order valence-corrected chi connectivity index (χ3v) is 15.9. The zero-order valence-corrected chi connectivity index (χ0v) is 31.9. The molecule has 0 amide bonds. The summed E-state index contributed by atoms with van der Waals surface area (Å²) >= 11 is 0. The predicted molar refractivity (Wildman–Crippen MR) is 200 cm³/mol. The standard InChI is InChI=1S/C41H58FNO2.C4H8/c1-36(2)30(29-15-22-40(27-42,23-16-29)35(44)45-26-28-10-7-6-8-11-28)17-20-37(3)33(36)18-21-39(5)34(37)14-13-31-32-12-9-19-41(32,43)25-24-38(31,39)4;1-4(2)3/h6-8,10-11,15,17,31-34H,9,12-14,16,18-27,43H2,1-5H3;1H2,2-3H3/t31?,32-,33?,34?,37?,38-,39?,40-,41?;/m1./s1. The number of ether oxygens (including phenoxy) is 1. The molecule has 4 fully saturated rings. The minimum absolute atomic E-state index is 0.0475. The van der Waals surface area contributed by atoms with Gasteiger partial charge in [0.05, 0.1) is 5.41 Å². The summed E-state index contributed by atoms with van der Waals surface area (Å²) < 4.78 is 20.3. The summed E-state index contributed by atoms with van der Waals surface area (Å²) in [7, 11) is 0. The predicted octanol–water partition coefficient (Wildman–Crippen LogP) is 11.5. The van der Waals surface area contributed by atoms with Crippen LogP contribution in [0.25, 0.3) is 0 Å². The molecule has 3 nitrogen and oxygen atoms in total. The summed E-state index contributed by atoms with van der Waals surface area (Å²) in [6.45, 7) is 20.1. The maximum atomic E-state index is 14.6. The van der Waals surface area contributed by atoms with E-state index in [1.54, 1.807) is 0 Å². The van der Waals surface area contributed by atoms with Crippen LogP contribution in [-0.2, 0) is 16.1 Å². The molecule has 0 radical (unpaired) electrons. The first kappa shape index (κ1) is 36.6. The van der Waals surface area contributed by atoms with Crippen LogP contribution in [0.4, 0.5) is 4.39 Å². The summed E-state index contributed by atoms with van der Waals surface area (Å²) in [5.41, 5.74) is 12.1. The first-order valence-corrected chi connectivity index (χ1v) is 19.6. The van der Waals surface area contributed by atoms with E-state index in [4.69, 9.17) is 10.5 Å². The van der Waals surface area contributed by atoms with Crippen molar-refractivity contribution in [2.75, 3.05) is 6.67 Å². The lowest BCUT2D eigenvalue weighted by molar-refractivity contribution is -0.216. The number of hydrogen-bond acceptors (Lipinski definition) is 3. The maximum absolute atomic E-state index is 14.6. The Hall–Kier alpha value is -2.20. The van der Waals surface area contributed by atoms with Gasteiger partial charge in [-0.15, -0.1) is 6.58 Å². The lowest BCUT2D eigenvalue weighted by Gasteiger charge is -2.72. The first-order valence-electron chi connectivity index (χ1n) is 19.6. The number of esters is 1. The summed E-state index contributed by atoms with van der Waals surface area (Å²) in [6.07, 6.45) is 19.3. The van der Waals surface area contributed by atoms with Gasteiger partial charge in [-0.25, -0.2) is 4.39 Å². The van der Waals surface area contributed by atoms with Gasteiger partial charge in [0.1, 0.15) is 13.3 Å². The number of allylic oxidation sites excluding steroid dienone is 5. The van der Waals surface area contributed by atoms with Gasteiger partial charge < -0.3 is 10.5 Å². The molecule has 4 saturated carbocycles. The summed E-state index contributed by atoms with van der Waals surface area (Å²) in [5.74, 6) is 2.46. The number of benzene rings is 1. The number of rotatable bonds is 5. The van der Waals surface area contributed by atoms with E-state index in [0.29, 0.717) is 29.6 Å². The highest BCUT2D eigenvalue weighted by molar-refractivity contribution is 5.78. The fourth-order valence-corrected chi connectivity index (χ4v) is 13.1. The average Bonchev–Trinajstić information content (AvgIpc) is 3.46. The SMILES string of the molecule is C=C(C)C.CC1(C)C(C2=CC[C@@](CF)(C(=O)OCc3ccccc3)CC2)=CCC2(C)C1CCC1(C)C2CCC2[C@H]3CCCC3(N)CC[C@]21C. The molecule has 0 aliphatic heterocycles. The zero-order valence-electron chi connectivity index (χ0n) is 31.9. The van der Waals surface area contributed by atoms with E-state index < -0.39 is 18.1 Å². The van der Waals surface area contributed by atoms with Crippen molar-refractivity contribution >= 4 is 5.97 Å². The average molecular weight is 672 g/mol. The Bertz CT molecular complexity index is 1470. The third kappa shape index (κ3) is 5.92. The molecule has 0 aromatic heterocycles. The van der Waals surface area contributed by atoms with Crippen molar-refractivity contribution in [3.05, 3.63) is 71.3 Å². The third-order valence-electron chi connectivity index (χ3n) is 15.9. The minimum Gasteiger partial charge on any atom is -0.460 e. The first-order chi connectivity index (χ1) is 23.1. The van der Waals surface area contributed by atoms with E-state index in [-0.39, 0.29) is 23.0 Å². The van der Waals surface area contributed by atoms with Crippen LogP contribution in [0.1, 0.15) is 138 Å². The normalized spacial score (nSPS) is 42.1. The van der Waals surface area contributed by atoms with E-state index in [2.05, 4.69) is 53.3 Å². The number of carbonyl (C=O) groups excluding carboxylic acids is 1. The van der Waals surface area contributed by atoms with Gasteiger partial charge in [0, 0.05) is 5.54 Å². The Kier molecular flexibility index (Phi) is 9.77. The summed E-state index contributed by atoms with van der Waals surface area (Å²) in [5, 5.41) is 0. The van der Waals surface area contributed by atoms with Crippen LogP contribution < -0.4 is 5.73 Å². The molecule has 0 bridgehead atoms. The van der Waals surface area contributed by atoms with Gasteiger partial charge >= 0.3 is 5.97 Å². The number of carbonyl (C=O) groups is 1. The fourth-order valence-electron chi connectivity index (χ4n) is 13.1. The number of hydrogen-bond donors (Lipinski definition) is 1. The van der Waals surface area contributed by atoms with Crippen LogP contribution in [0.15, 0.2) is 65.8 Å². The molecule has 6 aliphatic rings. The van der Waals surface area contributed by atoms with Gasteiger partial charge in [0.15, 0.2) is 0 Å². The molecule has 270 valence electrons. The largest absolute Gasteiger partial charge is 0.460 e. The second kappa shape index (κ2) is 13.1. The van der Waals surface area contributed by atoms with Crippen LogP contribution >= 0.6 is 0 Å². The molecule has 49 heavy (non-hydrogen) atoms. The van der Waals surface area contributed by atoms with Gasteiger partial charge in [-0.1, -0.05) is 89.1 Å². The van der Waals surface area contributed by atoms with Crippen LogP contribution in [0.3, 0.4) is 0 Å². The number of alkyl halides is 1. The zero-order chi connectivity index (χ0) is 35.5. The van der Waals surface area contributed by atoms with Gasteiger partial charge in [0.25, 0.3) is 0 Å². The molecule has 4 heteroatoms. The second-order valence-electron chi connectivity index (χ2n) is 19.1. The van der Waals surface area contributed by atoms with Crippen LogP contribution in [0.5, 0.6) is 0 Å². The summed E-state index contributed by atoms with van der Waals surface area (Å²) in [6, 6.07) is 9.69. The molecule has 2 N–H and O–H groups in total. The Morgan fingerprint density at radius 1 is 0.857 bits per heavy atom. The highest BCUT2D eigenvalue weighted by Crippen LogP contribution is 2.76. The van der Waals surface area contributed by atoms with E-state index in [0.717, 1.165) is 36.2 Å². The lowest BCUT2D eigenvalue weighted by Crippen LogP contribution is -2.66. The van der Waals surface area contributed by atoms with Crippen molar-refractivity contribution in [2.45, 2.75) is 144 Å². The van der Waals surface area contributed by atoms with Crippen molar-refractivity contribution in [3.8, 4) is 0 Å². The minimum atomic E-state index is -1.06. The summed E-state index contributed by atoms with van der Waals surface area (Å²) in [4.78, 5) is 13.2. The van der Waals surface area contributed by atoms with E-state index in [9.17, 15) is 9.18 Å². The van der Waals surface area contributed by atoms with Gasteiger partial charge in [-0.05, 0) is 153 Å². The molecule has 0 saturated heterocycles. The van der Waals surface area contributed by atoms with Gasteiger partial charge in [0.2, 0.25) is 0 Å². The molecule has 6 unspecified atom stereocenters. The Morgan fingerprint density at radius 3 is 2.22 bits per heavy atom. The van der Waals surface area contributed by atoms with Crippen LogP contribution in [0, 0.1) is 50.7 Å². The Labute approximate surface area is 297 Å². The highest BCUT2D eigenvalue weighted by atomic mass is 19.1. The van der Waals surface area contributed by atoms with Crippen molar-refractivity contribution in [3.63, 3.8) is 0 Å². The molecular weight excluding hydrogens is 605 g/mol. The smallest absolute Gasteiger partial charge is 0.315 e. The highest BCUT2D eigenvalue weighted by Gasteiger charge is 2.69. The van der Waals surface area contributed by atoms with E-state index in [1.807, 2.05) is 44.2 Å². The van der Waals surface area contributed by atoms with Crippen molar-refractivity contribution < 1.29 is 13.9 Å². The second-order valence-corrected chi connectivity index (χ2v) is 19.1. The Morgan fingerprint density at radius 2 is 1.57 bits per heavy atom. The fraction of sp³-hybridized carbons (Fsp3) is 0.711. The topological polar surface area (TPSA) is 52.3 Å². The number of halogens is 1. The lowest BCUT2D eigenvalue weighted by atomic mass is 9.33. The molecule has 6 aliphatic carbocycles. The Balaban J connectivity index is 0.000000989.